The number of carboxylic acids is 1. The van der Waals surface area contributed by atoms with Crippen LogP contribution >= 0.6 is 0 Å². The molecule has 0 radical (unpaired) electrons. The van der Waals surface area contributed by atoms with Gasteiger partial charge >= 0.3 is 5.97 Å². The third-order valence-corrected chi connectivity index (χ3v) is 3.14. The van der Waals surface area contributed by atoms with Crippen LogP contribution in [-0.2, 0) is 24.2 Å². The molecule has 5 nitrogen and oxygen atoms in total. The molecule has 0 spiro atoms. The molecule has 2 rings (SSSR count). The first-order chi connectivity index (χ1) is 8.11. The summed E-state index contributed by atoms with van der Waals surface area (Å²) in [6, 6.07) is 1.55. The molecule has 0 fully saturated rings. The summed E-state index contributed by atoms with van der Waals surface area (Å²) in [4.78, 5) is 22.6. The minimum atomic E-state index is -0.784. The Labute approximate surface area is 99.1 Å². The lowest BCUT2D eigenvalue weighted by Crippen LogP contribution is -2.30. The minimum absolute atomic E-state index is 0.128. The van der Waals surface area contributed by atoms with Gasteiger partial charge in [0, 0.05) is 12.6 Å². The second kappa shape index (κ2) is 4.69. The van der Waals surface area contributed by atoms with E-state index in [9.17, 15) is 9.59 Å². The average Bonchev–Trinajstić information content (AvgIpc) is 2.29. The van der Waals surface area contributed by atoms with Gasteiger partial charge in [0.15, 0.2) is 0 Å². The smallest absolute Gasteiger partial charge is 0.306 e. The van der Waals surface area contributed by atoms with Crippen molar-refractivity contribution in [2.45, 2.75) is 39.2 Å². The summed E-state index contributed by atoms with van der Waals surface area (Å²) in [5.74, 6) is -1.15. The van der Waals surface area contributed by atoms with Gasteiger partial charge in [-0.15, -0.1) is 0 Å². The number of hydrogen-bond acceptors (Lipinski definition) is 3. The van der Waals surface area contributed by atoms with Crippen molar-refractivity contribution >= 4 is 5.97 Å². The third-order valence-electron chi connectivity index (χ3n) is 3.14. The number of aromatic nitrogens is 2. The Balaban J connectivity index is 2.32. The predicted molar refractivity (Wildman–Crippen MR) is 61.9 cm³/mol. The molecular weight excluding hydrogens is 220 g/mol. The first-order valence-corrected chi connectivity index (χ1v) is 5.94. The van der Waals surface area contributed by atoms with E-state index in [0.717, 1.165) is 17.7 Å². The lowest BCUT2D eigenvalue weighted by molar-refractivity contribution is -0.142. The highest BCUT2D eigenvalue weighted by Gasteiger charge is 2.25. The van der Waals surface area contributed by atoms with Crippen molar-refractivity contribution in [3.05, 3.63) is 27.7 Å². The molecule has 1 aromatic rings. The van der Waals surface area contributed by atoms with E-state index in [1.54, 1.807) is 6.07 Å². The lowest BCUT2D eigenvalue weighted by Gasteiger charge is -2.21. The maximum atomic E-state index is 11.7. The molecule has 17 heavy (non-hydrogen) atoms. The van der Waals surface area contributed by atoms with Gasteiger partial charge < -0.3 is 5.11 Å². The Morgan fingerprint density at radius 2 is 2.41 bits per heavy atom. The van der Waals surface area contributed by atoms with Crippen LogP contribution in [0.25, 0.3) is 0 Å². The summed E-state index contributed by atoms with van der Waals surface area (Å²) >= 11 is 0. The van der Waals surface area contributed by atoms with Gasteiger partial charge in [0.25, 0.3) is 5.56 Å². The maximum Gasteiger partial charge on any atom is 0.306 e. The Bertz CT molecular complexity index is 493. The first-order valence-electron chi connectivity index (χ1n) is 5.94. The monoisotopic (exact) mass is 236 g/mol. The molecule has 92 valence electrons. The molecule has 0 saturated heterocycles. The number of hydrogen-bond donors (Lipinski definition) is 1. The Hall–Kier alpha value is -1.65. The molecule has 5 heteroatoms. The average molecular weight is 236 g/mol. The quantitative estimate of drug-likeness (QED) is 0.844. The van der Waals surface area contributed by atoms with Crippen LogP contribution in [0.1, 0.15) is 31.0 Å². The summed E-state index contributed by atoms with van der Waals surface area (Å²) in [6.45, 7) is 2.61. The highest BCUT2D eigenvalue weighted by molar-refractivity contribution is 5.70. The zero-order chi connectivity index (χ0) is 12.4. The molecule has 0 bridgehead atoms. The van der Waals surface area contributed by atoms with E-state index in [4.69, 9.17) is 5.11 Å². The van der Waals surface area contributed by atoms with Gasteiger partial charge in [-0.25, -0.2) is 4.68 Å². The molecule has 0 saturated carbocycles. The number of aryl methyl sites for hydroxylation is 2. The number of carbonyl (C=O) groups is 1. The standard InChI is InChI=1S/C12H16N2O3/c1-2-5-14-11(15)7-9-6-8(12(16)17)3-4-10(9)13-14/h7-8H,2-6H2,1H3,(H,16,17)/t8-/m1/s1. The highest BCUT2D eigenvalue weighted by Crippen LogP contribution is 2.22. The van der Waals surface area contributed by atoms with Gasteiger partial charge in [-0.3, -0.25) is 9.59 Å². The van der Waals surface area contributed by atoms with Gasteiger partial charge in [-0.1, -0.05) is 6.92 Å². The fourth-order valence-corrected chi connectivity index (χ4v) is 2.21. The molecule has 0 amide bonds. The van der Waals surface area contributed by atoms with Crippen molar-refractivity contribution in [1.29, 1.82) is 0 Å². The second-order valence-corrected chi connectivity index (χ2v) is 4.46. The van der Waals surface area contributed by atoms with Gasteiger partial charge in [-0.2, -0.15) is 5.10 Å². The molecule has 1 atom stereocenters. The Morgan fingerprint density at radius 1 is 1.65 bits per heavy atom. The Kier molecular flexibility index (Phi) is 3.26. The van der Waals surface area contributed by atoms with Crippen LogP contribution in [0.2, 0.25) is 0 Å². The van der Waals surface area contributed by atoms with Crippen molar-refractivity contribution in [3.63, 3.8) is 0 Å². The fourth-order valence-electron chi connectivity index (χ4n) is 2.21. The lowest BCUT2D eigenvalue weighted by atomic mass is 9.87. The number of carboxylic acid groups (broad SMARTS) is 1. The third kappa shape index (κ3) is 2.38. The van der Waals surface area contributed by atoms with E-state index < -0.39 is 5.97 Å². The number of fused-ring (bicyclic) bond motifs is 1. The minimum Gasteiger partial charge on any atom is -0.481 e. The fraction of sp³-hybridized carbons (Fsp3) is 0.583. The van der Waals surface area contributed by atoms with E-state index in [1.165, 1.54) is 4.68 Å². The molecule has 1 aromatic heterocycles. The summed E-state index contributed by atoms with van der Waals surface area (Å²) < 4.78 is 1.47. The molecule has 0 aromatic carbocycles. The van der Waals surface area contributed by atoms with E-state index >= 15 is 0 Å². The number of rotatable bonds is 3. The van der Waals surface area contributed by atoms with Crippen molar-refractivity contribution < 1.29 is 9.90 Å². The van der Waals surface area contributed by atoms with E-state index in [0.29, 0.717) is 25.8 Å². The molecule has 0 unspecified atom stereocenters. The van der Waals surface area contributed by atoms with Crippen molar-refractivity contribution in [2.75, 3.05) is 0 Å². The van der Waals surface area contributed by atoms with Crippen LogP contribution in [-0.4, -0.2) is 20.9 Å². The summed E-state index contributed by atoms with van der Waals surface area (Å²) in [7, 11) is 0. The molecule has 1 heterocycles. The van der Waals surface area contributed by atoms with Crippen LogP contribution in [0.3, 0.4) is 0 Å². The molecule has 1 aliphatic rings. The summed E-state index contributed by atoms with van der Waals surface area (Å²) in [5.41, 5.74) is 1.56. The van der Waals surface area contributed by atoms with Crippen molar-refractivity contribution in [3.8, 4) is 0 Å². The predicted octanol–water partition coefficient (Wildman–Crippen LogP) is 0.843. The SMILES string of the molecule is CCCn1nc2c(cc1=O)C[C@H](C(=O)O)CC2. The second-order valence-electron chi connectivity index (χ2n) is 4.46. The number of aliphatic carboxylic acids is 1. The summed E-state index contributed by atoms with van der Waals surface area (Å²) in [5, 5.41) is 13.3. The first kappa shape index (κ1) is 11.8. The normalized spacial score (nSPS) is 18.8. The van der Waals surface area contributed by atoms with E-state index in [1.807, 2.05) is 6.92 Å². The zero-order valence-electron chi connectivity index (χ0n) is 9.85. The van der Waals surface area contributed by atoms with Crippen LogP contribution < -0.4 is 5.56 Å². The summed E-state index contributed by atoms with van der Waals surface area (Å²) in [6.07, 6.45) is 2.55. The highest BCUT2D eigenvalue weighted by atomic mass is 16.4. The van der Waals surface area contributed by atoms with E-state index in [2.05, 4.69) is 5.10 Å². The molecule has 0 aliphatic heterocycles. The van der Waals surface area contributed by atoms with Gasteiger partial charge in [0.05, 0.1) is 11.6 Å². The molecule has 1 aliphatic carbocycles. The number of nitrogens with zero attached hydrogens (tertiary/aromatic N) is 2. The van der Waals surface area contributed by atoms with E-state index in [-0.39, 0.29) is 11.5 Å². The van der Waals surface area contributed by atoms with Crippen molar-refractivity contribution in [2.24, 2.45) is 5.92 Å². The zero-order valence-corrected chi connectivity index (χ0v) is 9.85. The van der Waals surface area contributed by atoms with Crippen LogP contribution in [0, 0.1) is 5.92 Å². The van der Waals surface area contributed by atoms with Crippen LogP contribution in [0.4, 0.5) is 0 Å². The van der Waals surface area contributed by atoms with Crippen molar-refractivity contribution in [1.82, 2.24) is 9.78 Å². The Morgan fingerprint density at radius 3 is 3.06 bits per heavy atom. The molecular formula is C12H16N2O3. The van der Waals surface area contributed by atoms with Crippen LogP contribution in [0.5, 0.6) is 0 Å². The molecule has 1 N–H and O–H groups in total. The maximum absolute atomic E-state index is 11.7. The topological polar surface area (TPSA) is 72.2 Å². The van der Waals surface area contributed by atoms with Gasteiger partial charge in [0.2, 0.25) is 0 Å². The van der Waals surface area contributed by atoms with Crippen LogP contribution in [0.15, 0.2) is 10.9 Å². The largest absolute Gasteiger partial charge is 0.481 e. The van der Waals surface area contributed by atoms with Gasteiger partial charge in [0.1, 0.15) is 0 Å². The van der Waals surface area contributed by atoms with Gasteiger partial charge in [-0.05, 0) is 31.2 Å².